The molecule has 0 heterocycles. The number of rotatable bonds is 10. The van der Waals surface area contributed by atoms with E-state index < -0.39 is 20.2 Å². The molecule has 1 aliphatic carbocycles. The zero-order chi connectivity index (χ0) is 30.5. The first-order valence-corrected chi connectivity index (χ1v) is 16.5. The number of anilines is 1. The van der Waals surface area contributed by atoms with Crippen molar-refractivity contribution in [2.45, 2.75) is 37.1 Å². The van der Waals surface area contributed by atoms with E-state index in [1.54, 1.807) is 30.3 Å². The highest BCUT2D eigenvalue weighted by Crippen LogP contribution is 2.34. The van der Waals surface area contributed by atoms with Crippen LogP contribution in [0.5, 0.6) is 0 Å². The van der Waals surface area contributed by atoms with Crippen molar-refractivity contribution in [1.29, 1.82) is 0 Å². The molecular formula is C32H35N2O6S2+. The normalized spacial score (nSPS) is 13.4. The Balaban J connectivity index is 1.81. The van der Waals surface area contributed by atoms with Crippen molar-refractivity contribution in [1.82, 2.24) is 0 Å². The summed E-state index contributed by atoms with van der Waals surface area (Å²) in [4.78, 5) is 1.89. The Bertz CT molecular complexity index is 1780. The van der Waals surface area contributed by atoms with Gasteiger partial charge in [0.1, 0.15) is 11.4 Å². The van der Waals surface area contributed by atoms with Crippen LogP contribution in [-0.2, 0) is 26.8 Å². The van der Waals surface area contributed by atoms with Crippen LogP contribution in [0.4, 0.5) is 5.69 Å². The molecule has 10 heteroatoms. The second-order valence-electron chi connectivity index (χ2n) is 9.75. The van der Waals surface area contributed by atoms with Gasteiger partial charge in [0.25, 0.3) is 20.2 Å². The van der Waals surface area contributed by atoms with Crippen LogP contribution >= 0.6 is 0 Å². The quantitative estimate of drug-likeness (QED) is 0.227. The topological polar surface area (TPSA) is 115 Å². The molecule has 0 saturated heterocycles. The summed E-state index contributed by atoms with van der Waals surface area (Å²) in [6, 6.07) is 20.5. The number of hydrogen-bond donors (Lipinski definition) is 2. The predicted octanol–water partition coefficient (Wildman–Crippen LogP) is 5.63. The van der Waals surface area contributed by atoms with Crippen LogP contribution in [0.3, 0.4) is 0 Å². The molecule has 0 unspecified atom stereocenters. The third-order valence-corrected chi connectivity index (χ3v) is 8.95. The van der Waals surface area contributed by atoms with Crippen molar-refractivity contribution in [3.63, 3.8) is 0 Å². The molecule has 3 aromatic rings. The molecule has 42 heavy (non-hydrogen) atoms. The molecule has 220 valence electrons. The Labute approximate surface area is 248 Å². The van der Waals surface area contributed by atoms with Gasteiger partial charge >= 0.3 is 0 Å². The average Bonchev–Trinajstić information content (AvgIpc) is 2.97. The molecule has 0 aromatic heterocycles. The first-order valence-electron chi connectivity index (χ1n) is 13.7. The Morgan fingerprint density at radius 2 is 1.40 bits per heavy atom. The fourth-order valence-corrected chi connectivity index (χ4v) is 6.30. The van der Waals surface area contributed by atoms with Crippen LogP contribution in [0.15, 0.2) is 112 Å². The Morgan fingerprint density at radius 1 is 0.762 bits per heavy atom. The zero-order valence-electron chi connectivity index (χ0n) is 23.8. The van der Waals surface area contributed by atoms with Crippen molar-refractivity contribution in [3.05, 3.63) is 119 Å². The summed E-state index contributed by atoms with van der Waals surface area (Å²) in [5.74, 6) is 0. The van der Waals surface area contributed by atoms with E-state index in [-0.39, 0.29) is 9.79 Å². The van der Waals surface area contributed by atoms with Gasteiger partial charge in [0.2, 0.25) is 0 Å². The van der Waals surface area contributed by atoms with Gasteiger partial charge < -0.3 is 4.90 Å². The number of benzene rings is 3. The molecule has 1 aliphatic rings. The first kappa shape index (κ1) is 31.1. The van der Waals surface area contributed by atoms with E-state index >= 15 is 0 Å². The maximum atomic E-state index is 12.4. The van der Waals surface area contributed by atoms with Gasteiger partial charge in [0.05, 0.1) is 4.90 Å². The fraction of sp³-hybridized carbons (Fsp3) is 0.219. The molecule has 0 aliphatic heterocycles. The minimum Gasteiger partial charge on any atom is -0.372 e. The second-order valence-corrected chi connectivity index (χ2v) is 12.6. The van der Waals surface area contributed by atoms with Crippen LogP contribution in [0.1, 0.15) is 37.5 Å². The van der Waals surface area contributed by atoms with Gasteiger partial charge in [0.15, 0.2) is 12.3 Å². The zero-order valence-corrected chi connectivity index (χ0v) is 25.4. The van der Waals surface area contributed by atoms with Crippen LogP contribution in [0.25, 0.3) is 5.57 Å². The van der Waals surface area contributed by atoms with Crippen LogP contribution in [0, 0.1) is 0 Å². The lowest BCUT2D eigenvalue weighted by atomic mass is 9.90. The largest absolute Gasteiger partial charge is 0.372 e. The van der Waals surface area contributed by atoms with Gasteiger partial charge in [0, 0.05) is 42.1 Å². The second kappa shape index (κ2) is 13.0. The predicted molar refractivity (Wildman–Crippen MR) is 166 cm³/mol. The van der Waals surface area contributed by atoms with Gasteiger partial charge in [-0.05, 0) is 80.0 Å². The third-order valence-electron chi connectivity index (χ3n) is 7.19. The minimum absolute atomic E-state index is 0.157. The summed E-state index contributed by atoms with van der Waals surface area (Å²) in [6.45, 7) is 8.91. The number of nitrogens with zero attached hydrogens (tertiary/aromatic N) is 2. The van der Waals surface area contributed by atoms with Crippen molar-refractivity contribution in [2.75, 3.05) is 24.5 Å². The summed E-state index contributed by atoms with van der Waals surface area (Å²) in [6.07, 6.45) is 7.65. The minimum atomic E-state index is -4.50. The van der Waals surface area contributed by atoms with E-state index in [0.717, 1.165) is 41.2 Å². The number of allylic oxidation sites excluding steroid dienone is 5. The molecule has 8 nitrogen and oxygen atoms in total. The lowest BCUT2D eigenvalue weighted by Crippen LogP contribution is -2.21. The summed E-state index contributed by atoms with van der Waals surface area (Å²) in [5.41, 5.74) is 5.25. The van der Waals surface area contributed by atoms with E-state index in [9.17, 15) is 25.9 Å². The molecule has 0 atom stereocenters. The molecule has 0 saturated carbocycles. The molecule has 0 bridgehead atoms. The van der Waals surface area contributed by atoms with Gasteiger partial charge in [-0.2, -0.15) is 16.8 Å². The standard InChI is InChI=1S/C32H34N2O6S2/c1-4-33(5-2)27-18-14-25(15-19-27)32(30-12-7-8-13-31(30)42(38,39)40)26-16-20-28(21-17-26)34(6-3)23-24-10-9-11-29(22-24)41(35,36)37/h7-22H,4-6,23H2,1-3H3,(H-,35,36,37,38,39,40)/p+1. The maximum Gasteiger partial charge on any atom is 0.295 e. The van der Waals surface area contributed by atoms with Gasteiger partial charge in [-0.3, -0.25) is 9.11 Å². The smallest absolute Gasteiger partial charge is 0.295 e. The summed E-state index contributed by atoms with van der Waals surface area (Å²) in [5, 5.41) is 0. The molecule has 3 aromatic carbocycles. The third kappa shape index (κ3) is 7.14. The Morgan fingerprint density at radius 3 is 1.98 bits per heavy atom. The van der Waals surface area contributed by atoms with Crippen molar-refractivity contribution < 1.29 is 30.5 Å². The summed E-state index contributed by atoms with van der Waals surface area (Å²) in [7, 11) is -8.81. The van der Waals surface area contributed by atoms with Crippen LogP contribution < -0.4 is 4.90 Å². The lowest BCUT2D eigenvalue weighted by Gasteiger charge is -2.22. The Hall–Kier alpha value is -3.83. The molecule has 2 N–H and O–H groups in total. The lowest BCUT2D eigenvalue weighted by molar-refractivity contribution is -0.539. The van der Waals surface area contributed by atoms with E-state index in [4.69, 9.17) is 0 Å². The van der Waals surface area contributed by atoms with Crippen LogP contribution in [0.2, 0.25) is 0 Å². The summed E-state index contributed by atoms with van der Waals surface area (Å²) < 4.78 is 69.4. The van der Waals surface area contributed by atoms with Crippen molar-refractivity contribution >= 4 is 37.2 Å². The summed E-state index contributed by atoms with van der Waals surface area (Å²) >= 11 is 0. The molecule has 0 amide bonds. The molecule has 0 spiro atoms. The fourth-order valence-electron chi connectivity index (χ4n) is 5.05. The molecule has 4 rings (SSSR count). The molecule has 0 fully saturated rings. The highest BCUT2D eigenvalue weighted by atomic mass is 32.2. The maximum absolute atomic E-state index is 12.4. The van der Waals surface area contributed by atoms with Crippen molar-refractivity contribution in [3.8, 4) is 0 Å². The van der Waals surface area contributed by atoms with Gasteiger partial charge in [-0.15, -0.1) is 0 Å². The Kier molecular flexibility index (Phi) is 9.63. The molecular weight excluding hydrogens is 572 g/mol. The van der Waals surface area contributed by atoms with E-state index in [1.807, 2.05) is 55.5 Å². The highest BCUT2D eigenvalue weighted by Gasteiger charge is 2.22. The average molecular weight is 608 g/mol. The van der Waals surface area contributed by atoms with Gasteiger partial charge in [-0.25, -0.2) is 4.58 Å². The monoisotopic (exact) mass is 607 g/mol. The highest BCUT2D eigenvalue weighted by molar-refractivity contribution is 7.86. The van der Waals surface area contributed by atoms with E-state index in [1.165, 1.54) is 18.2 Å². The van der Waals surface area contributed by atoms with E-state index in [2.05, 4.69) is 23.3 Å². The van der Waals surface area contributed by atoms with Crippen LogP contribution in [-0.4, -0.2) is 55.9 Å². The SMILES string of the molecule is CCN(CC)c1ccc(C(=C2C=CC(=[N+](CC)Cc3cccc(S(=O)(=O)O)c3)C=C2)c2ccccc2S(=O)(=O)O)cc1. The molecule has 0 radical (unpaired) electrons. The van der Waals surface area contributed by atoms with E-state index in [0.29, 0.717) is 24.2 Å². The van der Waals surface area contributed by atoms with Gasteiger partial charge in [-0.1, -0.05) is 42.5 Å². The first-order chi connectivity index (χ1) is 20.0. The van der Waals surface area contributed by atoms with Crippen molar-refractivity contribution in [2.24, 2.45) is 0 Å². The number of hydrogen-bond acceptors (Lipinski definition) is 5.